The van der Waals surface area contributed by atoms with Gasteiger partial charge in [0.05, 0.1) is 7.11 Å². The van der Waals surface area contributed by atoms with Gasteiger partial charge in [0.25, 0.3) is 0 Å². The van der Waals surface area contributed by atoms with Crippen LogP contribution >= 0.6 is 15.9 Å². The Labute approximate surface area is 93.0 Å². The Morgan fingerprint density at radius 3 is 2.50 bits per heavy atom. The lowest BCUT2D eigenvalue weighted by Crippen LogP contribution is -2.26. The van der Waals surface area contributed by atoms with E-state index in [0.29, 0.717) is 0 Å². The zero-order valence-electron chi connectivity index (χ0n) is 8.89. The topological polar surface area (TPSA) is 34.1 Å². The Morgan fingerprint density at radius 2 is 2.00 bits per heavy atom. The summed E-state index contributed by atoms with van der Waals surface area (Å²) in [6.45, 7) is 6.26. The third-order valence-electron chi connectivity index (χ3n) is 1.51. The number of aromatic nitrogens is 1. The molecule has 0 aliphatic heterocycles. The molecule has 0 aliphatic rings. The van der Waals surface area contributed by atoms with Gasteiger partial charge in [-0.2, -0.15) is 0 Å². The van der Waals surface area contributed by atoms with Gasteiger partial charge in [-0.1, -0.05) is 0 Å². The molecule has 0 unspecified atom stereocenters. The monoisotopic (exact) mass is 258 g/mol. The molecule has 1 N–H and O–H groups in total. The van der Waals surface area contributed by atoms with Crippen LogP contribution in [0.4, 0.5) is 5.82 Å². The van der Waals surface area contributed by atoms with E-state index in [4.69, 9.17) is 4.74 Å². The molecule has 1 aromatic rings. The molecule has 0 bridgehead atoms. The van der Waals surface area contributed by atoms with E-state index >= 15 is 0 Å². The van der Waals surface area contributed by atoms with Gasteiger partial charge in [-0.25, -0.2) is 4.98 Å². The van der Waals surface area contributed by atoms with E-state index in [1.54, 1.807) is 7.11 Å². The number of methoxy groups -OCH3 is 1. The van der Waals surface area contributed by atoms with Crippen molar-refractivity contribution in [2.75, 3.05) is 12.4 Å². The summed E-state index contributed by atoms with van der Waals surface area (Å²) in [6, 6.07) is 3.70. The molecule has 0 aliphatic carbocycles. The van der Waals surface area contributed by atoms with Crippen molar-refractivity contribution < 1.29 is 4.74 Å². The second-order valence-electron chi connectivity index (χ2n) is 4.09. The largest absolute Gasteiger partial charge is 0.497 e. The third-order valence-corrected chi connectivity index (χ3v) is 1.91. The molecule has 0 saturated carbocycles. The number of nitrogens with one attached hydrogen (secondary N) is 1. The first-order chi connectivity index (χ1) is 6.40. The van der Waals surface area contributed by atoms with Crippen molar-refractivity contribution in [3.8, 4) is 5.75 Å². The summed E-state index contributed by atoms with van der Waals surface area (Å²) >= 11 is 3.33. The number of nitrogens with zero attached hydrogens (tertiary/aromatic N) is 1. The molecule has 14 heavy (non-hydrogen) atoms. The minimum Gasteiger partial charge on any atom is -0.497 e. The number of hydrogen-bond acceptors (Lipinski definition) is 3. The van der Waals surface area contributed by atoms with Crippen LogP contribution in [0.5, 0.6) is 5.75 Å². The zero-order valence-corrected chi connectivity index (χ0v) is 10.5. The highest BCUT2D eigenvalue weighted by Gasteiger charge is 2.11. The fourth-order valence-corrected chi connectivity index (χ4v) is 1.46. The van der Waals surface area contributed by atoms with Crippen molar-refractivity contribution in [3.05, 3.63) is 16.7 Å². The van der Waals surface area contributed by atoms with Crippen molar-refractivity contribution in [3.63, 3.8) is 0 Å². The first-order valence-corrected chi connectivity index (χ1v) is 5.20. The van der Waals surface area contributed by atoms with Gasteiger partial charge >= 0.3 is 0 Å². The highest BCUT2D eigenvalue weighted by atomic mass is 79.9. The van der Waals surface area contributed by atoms with Crippen molar-refractivity contribution in [2.24, 2.45) is 0 Å². The second-order valence-corrected chi connectivity index (χ2v) is 4.90. The van der Waals surface area contributed by atoms with Crippen molar-refractivity contribution in [2.45, 2.75) is 26.3 Å². The van der Waals surface area contributed by atoms with Crippen LogP contribution in [0.25, 0.3) is 0 Å². The van der Waals surface area contributed by atoms with Crippen LogP contribution < -0.4 is 10.1 Å². The number of anilines is 1. The fraction of sp³-hybridized carbons (Fsp3) is 0.500. The van der Waals surface area contributed by atoms with Crippen LogP contribution in [-0.4, -0.2) is 17.6 Å². The Morgan fingerprint density at radius 1 is 1.36 bits per heavy atom. The molecule has 4 heteroatoms. The number of pyridine rings is 1. The summed E-state index contributed by atoms with van der Waals surface area (Å²) in [6.07, 6.45) is 0. The minimum absolute atomic E-state index is 0.00119. The molecule has 0 spiro atoms. The molecule has 0 atom stereocenters. The van der Waals surface area contributed by atoms with E-state index in [1.807, 2.05) is 12.1 Å². The highest BCUT2D eigenvalue weighted by Crippen LogP contribution is 2.22. The van der Waals surface area contributed by atoms with E-state index in [2.05, 4.69) is 47.0 Å². The minimum atomic E-state index is -0.00119. The van der Waals surface area contributed by atoms with Crippen LogP contribution in [0.3, 0.4) is 0 Å². The highest BCUT2D eigenvalue weighted by molar-refractivity contribution is 9.10. The molecular weight excluding hydrogens is 244 g/mol. The summed E-state index contributed by atoms with van der Waals surface area (Å²) < 4.78 is 5.91. The zero-order chi connectivity index (χ0) is 10.8. The molecule has 0 saturated heterocycles. The molecule has 1 rings (SSSR count). The Balaban J connectivity index is 2.92. The van der Waals surface area contributed by atoms with E-state index in [9.17, 15) is 0 Å². The van der Waals surface area contributed by atoms with Crippen molar-refractivity contribution in [1.82, 2.24) is 4.98 Å². The lowest BCUT2D eigenvalue weighted by Gasteiger charge is -2.21. The van der Waals surface area contributed by atoms with Gasteiger partial charge in [-0.05, 0) is 36.7 Å². The molecule has 0 fully saturated rings. The van der Waals surface area contributed by atoms with Gasteiger partial charge in [0.1, 0.15) is 16.2 Å². The predicted molar refractivity (Wildman–Crippen MR) is 61.9 cm³/mol. The number of ether oxygens (including phenoxy) is 1. The van der Waals surface area contributed by atoms with E-state index in [-0.39, 0.29) is 5.54 Å². The van der Waals surface area contributed by atoms with E-state index < -0.39 is 0 Å². The maximum atomic E-state index is 5.14. The summed E-state index contributed by atoms with van der Waals surface area (Å²) in [4.78, 5) is 4.29. The molecule has 0 aromatic carbocycles. The van der Waals surface area contributed by atoms with Crippen LogP contribution in [0, 0.1) is 0 Å². The molecule has 3 nitrogen and oxygen atoms in total. The second kappa shape index (κ2) is 4.17. The average Bonchev–Trinajstić information content (AvgIpc) is 1.99. The quantitative estimate of drug-likeness (QED) is 0.829. The van der Waals surface area contributed by atoms with E-state index in [1.165, 1.54) is 0 Å². The molecule has 78 valence electrons. The summed E-state index contributed by atoms with van der Waals surface area (Å²) in [5, 5.41) is 3.28. The van der Waals surface area contributed by atoms with Crippen molar-refractivity contribution >= 4 is 21.7 Å². The van der Waals surface area contributed by atoms with Crippen molar-refractivity contribution in [1.29, 1.82) is 0 Å². The Kier molecular flexibility index (Phi) is 3.37. The fourth-order valence-electron chi connectivity index (χ4n) is 1.04. The van der Waals surface area contributed by atoms with E-state index in [0.717, 1.165) is 16.2 Å². The maximum Gasteiger partial charge on any atom is 0.131 e. The molecule has 0 radical (unpaired) electrons. The average molecular weight is 259 g/mol. The summed E-state index contributed by atoms with van der Waals surface area (Å²) in [5.41, 5.74) is -0.00119. The molecule has 0 amide bonds. The van der Waals surface area contributed by atoms with Crippen LogP contribution in [0.2, 0.25) is 0 Å². The normalized spacial score (nSPS) is 11.2. The van der Waals surface area contributed by atoms with Gasteiger partial charge in [-0.15, -0.1) is 0 Å². The van der Waals surface area contributed by atoms with Crippen LogP contribution in [-0.2, 0) is 0 Å². The first kappa shape index (κ1) is 11.3. The number of rotatable bonds is 2. The number of hydrogen-bond donors (Lipinski definition) is 1. The Bertz CT molecular complexity index is 320. The van der Waals surface area contributed by atoms with Gasteiger partial charge in [0.15, 0.2) is 0 Å². The lowest BCUT2D eigenvalue weighted by molar-refractivity contribution is 0.414. The first-order valence-electron chi connectivity index (χ1n) is 4.40. The molecular formula is C10H15BrN2O. The SMILES string of the molecule is COc1cc(Br)nc(NC(C)(C)C)c1. The standard InChI is InChI=1S/C10H15BrN2O/c1-10(2,3)13-9-6-7(14-4)5-8(11)12-9/h5-6H,1-4H3,(H,12,13). The smallest absolute Gasteiger partial charge is 0.131 e. The summed E-state index contributed by atoms with van der Waals surface area (Å²) in [5.74, 6) is 1.60. The van der Waals surface area contributed by atoms with Crippen LogP contribution in [0.15, 0.2) is 16.7 Å². The Hall–Kier alpha value is -0.770. The summed E-state index contributed by atoms with van der Waals surface area (Å²) in [7, 11) is 1.64. The molecule has 1 heterocycles. The predicted octanol–water partition coefficient (Wildman–Crippen LogP) is 3.06. The van der Waals surface area contributed by atoms with Gasteiger partial charge in [0, 0.05) is 17.7 Å². The van der Waals surface area contributed by atoms with Gasteiger partial charge in [0.2, 0.25) is 0 Å². The molecule has 1 aromatic heterocycles. The number of halogens is 1. The van der Waals surface area contributed by atoms with Gasteiger partial charge < -0.3 is 10.1 Å². The lowest BCUT2D eigenvalue weighted by atomic mass is 10.1. The van der Waals surface area contributed by atoms with Crippen LogP contribution in [0.1, 0.15) is 20.8 Å². The maximum absolute atomic E-state index is 5.14. The van der Waals surface area contributed by atoms with Gasteiger partial charge in [-0.3, -0.25) is 0 Å². The third kappa shape index (κ3) is 3.54.